The van der Waals surface area contributed by atoms with Crippen molar-refractivity contribution in [1.29, 1.82) is 0 Å². The molecule has 1 amide bonds. The maximum absolute atomic E-state index is 11.1. The second-order valence-electron chi connectivity index (χ2n) is 5.32. The van der Waals surface area contributed by atoms with Gasteiger partial charge in [0.25, 0.3) is 5.69 Å². The molecule has 1 aliphatic rings. The van der Waals surface area contributed by atoms with Crippen LogP contribution in [0.1, 0.15) is 23.7 Å². The summed E-state index contributed by atoms with van der Waals surface area (Å²) in [5.74, 6) is -0.684. The zero-order chi connectivity index (χ0) is 14.8. The van der Waals surface area contributed by atoms with Crippen LogP contribution in [0.25, 0.3) is 0 Å². The van der Waals surface area contributed by atoms with Gasteiger partial charge in [-0.2, -0.15) is 0 Å². The molecule has 1 aromatic carbocycles. The minimum Gasteiger partial charge on any atom is -0.381 e. The van der Waals surface area contributed by atoms with Crippen molar-refractivity contribution in [3.05, 3.63) is 33.9 Å². The van der Waals surface area contributed by atoms with Crippen LogP contribution in [0, 0.1) is 15.5 Å². The molecule has 1 saturated heterocycles. The Morgan fingerprint density at radius 1 is 1.60 bits per heavy atom. The normalized spacial score (nSPS) is 21.6. The average molecular weight is 279 g/mol. The molecule has 0 bridgehead atoms. The summed E-state index contributed by atoms with van der Waals surface area (Å²) < 4.78 is 5.34. The number of hydrogen-bond acceptors (Lipinski definition) is 5. The lowest BCUT2D eigenvalue weighted by molar-refractivity contribution is -0.384. The fourth-order valence-electron chi connectivity index (χ4n) is 2.14. The molecule has 1 atom stereocenters. The van der Waals surface area contributed by atoms with Gasteiger partial charge in [0, 0.05) is 30.2 Å². The molecule has 0 aromatic heterocycles. The van der Waals surface area contributed by atoms with Crippen LogP contribution in [0.4, 0.5) is 11.4 Å². The largest absolute Gasteiger partial charge is 0.381 e. The predicted molar refractivity (Wildman–Crippen MR) is 73.6 cm³/mol. The van der Waals surface area contributed by atoms with E-state index in [2.05, 4.69) is 12.2 Å². The summed E-state index contributed by atoms with van der Waals surface area (Å²) in [5, 5.41) is 14.1. The molecule has 1 heterocycles. The van der Waals surface area contributed by atoms with E-state index in [9.17, 15) is 14.9 Å². The highest BCUT2D eigenvalue weighted by molar-refractivity contribution is 5.94. The lowest BCUT2D eigenvalue weighted by Crippen LogP contribution is -2.27. The summed E-state index contributed by atoms with van der Waals surface area (Å²) >= 11 is 0. The van der Waals surface area contributed by atoms with Gasteiger partial charge < -0.3 is 15.8 Å². The number of nitrogens with one attached hydrogen (secondary N) is 1. The van der Waals surface area contributed by atoms with E-state index in [0.717, 1.165) is 6.42 Å². The van der Waals surface area contributed by atoms with Gasteiger partial charge in [0.05, 0.1) is 11.5 Å². The molecule has 1 aromatic rings. The Hall–Kier alpha value is -2.15. The van der Waals surface area contributed by atoms with Gasteiger partial charge in [0.2, 0.25) is 5.91 Å². The molecule has 3 N–H and O–H groups in total. The van der Waals surface area contributed by atoms with Crippen LogP contribution in [0.3, 0.4) is 0 Å². The fraction of sp³-hybridized carbons (Fsp3) is 0.462. The van der Waals surface area contributed by atoms with Crippen molar-refractivity contribution in [2.45, 2.75) is 13.3 Å². The summed E-state index contributed by atoms with van der Waals surface area (Å²) in [7, 11) is 0. The van der Waals surface area contributed by atoms with E-state index in [1.807, 2.05) is 0 Å². The van der Waals surface area contributed by atoms with Crippen LogP contribution in [0.5, 0.6) is 0 Å². The SMILES string of the molecule is C[C@@]1(CNc2ccc(C(N)=O)cc2[N+](=O)[O-])CCOC1. The highest BCUT2D eigenvalue weighted by atomic mass is 16.6. The maximum atomic E-state index is 11.1. The van der Waals surface area contributed by atoms with Crippen molar-refractivity contribution in [3.63, 3.8) is 0 Å². The molecule has 0 saturated carbocycles. The Bertz CT molecular complexity index is 538. The van der Waals surface area contributed by atoms with Crippen molar-refractivity contribution in [2.24, 2.45) is 11.1 Å². The molecule has 2 rings (SSSR count). The van der Waals surface area contributed by atoms with E-state index in [1.165, 1.54) is 18.2 Å². The summed E-state index contributed by atoms with van der Waals surface area (Å²) in [4.78, 5) is 21.6. The Labute approximate surface area is 116 Å². The first kappa shape index (κ1) is 14.3. The van der Waals surface area contributed by atoms with Crippen LogP contribution >= 0.6 is 0 Å². The molecule has 20 heavy (non-hydrogen) atoms. The molecular formula is C13H17N3O4. The molecule has 7 heteroatoms. The Morgan fingerprint density at radius 3 is 2.90 bits per heavy atom. The molecule has 0 unspecified atom stereocenters. The number of carbonyl (C=O) groups excluding carboxylic acids is 1. The van der Waals surface area contributed by atoms with E-state index in [4.69, 9.17) is 10.5 Å². The van der Waals surface area contributed by atoms with Gasteiger partial charge in [0.1, 0.15) is 5.69 Å². The van der Waals surface area contributed by atoms with Gasteiger partial charge in [0.15, 0.2) is 0 Å². The predicted octanol–water partition coefficient (Wildman–Crippen LogP) is 1.53. The zero-order valence-electron chi connectivity index (χ0n) is 11.2. The summed E-state index contributed by atoms with van der Waals surface area (Å²) in [6.07, 6.45) is 0.910. The summed E-state index contributed by atoms with van der Waals surface area (Å²) in [6.45, 7) is 3.98. The lowest BCUT2D eigenvalue weighted by atomic mass is 9.90. The Kier molecular flexibility index (Phi) is 3.89. The standard InChI is InChI=1S/C13H17N3O4/c1-13(4-5-20-8-13)7-15-10-3-2-9(12(14)17)6-11(10)16(18)19/h2-3,6,15H,4-5,7-8H2,1H3,(H2,14,17)/t13-/m0/s1. The van der Waals surface area contributed by atoms with Crippen molar-refractivity contribution < 1.29 is 14.5 Å². The minimum atomic E-state index is -0.684. The highest BCUT2D eigenvalue weighted by Crippen LogP contribution is 2.31. The third-order valence-electron chi connectivity index (χ3n) is 3.49. The van der Waals surface area contributed by atoms with Gasteiger partial charge in [-0.3, -0.25) is 14.9 Å². The number of carbonyl (C=O) groups is 1. The first-order valence-electron chi connectivity index (χ1n) is 6.31. The van der Waals surface area contributed by atoms with Crippen LogP contribution < -0.4 is 11.1 Å². The van der Waals surface area contributed by atoms with Gasteiger partial charge in [-0.15, -0.1) is 0 Å². The van der Waals surface area contributed by atoms with Crippen molar-refractivity contribution in [1.82, 2.24) is 0 Å². The maximum Gasteiger partial charge on any atom is 0.293 e. The summed E-state index contributed by atoms with van der Waals surface area (Å²) in [6, 6.07) is 4.18. The quantitative estimate of drug-likeness (QED) is 0.627. The zero-order valence-corrected chi connectivity index (χ0v) is 11.2. The van der Waals surface area contributed by atoms with Crippen LogP contribution in [0.2, 0.25) is 0 Å². The second-order valence-corrected chi connectivity index (χ2v) is 5.32. The first-order chi connectivity index (χ1) is 9.41. The third-order valence-corrected chi connectivity index (χ3v) is 3.49. The van der Waals surface area contributed by atoms with E-state index in [-0.39, 0.29) is 16.7 Å². The minimum absolute atomic E-state index is 0.0315. The number of nitro groups is 1. The van der Waals surface area contributed by atoms with E-state index in [0.29, 0.717) is 25.4 Å². The number of nitrogens with zero attached hydrogens (tertiary/aromatic N) is 1. The topological polar surface area (TPSA) is 107 Å². The van der Waals surface area contributed by atoms with Crippen LogP contribution in [-0.2, 0) is 4.74 Å². The number of primary amides is 1. The number of hydrogen-bond donors (Lipinski definition) is 2. The average Bonchev–Trinajstić information content (AvgIpc) is 2.83. The van der Waals surface area contributed by atoms with Crippen LogP contribution in [-0.4, -0.2) is 30.6 Å². The van der Waals surface area contributed by atoms with Crippen LogP contribution in [0.15, 0.2) is 18.2 Å². The molecule has 1 fully saturated rings. The Morgan fingerprint density at radius 2 is 2.35 bits per heavy atom. The molecule has 7 nitrogen and oxygen atoms in total. The van der Waals surface area contributed by atoms with Crippen molar-refractivity contribution >= 4 is 17.3 Å². The first-order valence-corrected chi connectivity index (χ1v) is 6.31. The van der Waals surface area contributed by atoms with E-state index in [1.54, 1.807) is 0 Å². The fourth-order valence-corrected chi connectivity index (χ4v) is 2.14. The number of nitro benzene ring substituents is 1. The lowest BCUT2D eigenvalue weighted by Gasteiger charge is -2.22. The van der Waals surface area contributed by atoms with Gasteiger partial charge in [-0.05, 0) is 18.6 Å². The number of anilines is 1. The molecule has 108 valence electrons. The van der Waals surface area contributed by atoms with Gasteiger partial charge in [-0.25, -0.2) is 0 Å². The smallest absolute Gasteiger partial charge is 0.293 e. The van der Waals surface area contributed by atoms with Gasteiger partial charge in [-0.1, -0.05) is 6.92 Å². The van der Waals surface area contributed by atoms with E-state index >= 15 is 0 Å². The summed E-state index contributed by atoms with van der Waals surface area (Å²) in [5.41, 5.74) is 5.45. The van der Waals surface area contributed by atoms with E-state index < -0.39 is 10.8 Å². The third kappa shape index (κ3) is 3.05. The molecule has 0 spiro atoms. The number of nitrogens with two attached hydrogens (primary N) is 1. The Balaban J connectivity index is 2.18. The number of ether oxygens (including phenoxy) is 1. The number of benzene rings is 1. The molecule has 0 aliphatic carbocycles. The monoisotopic (exact) mass is 279 g/mol. The van der Waals surface area contributed by atoms with Crippen molar-refractivity contribution in [3.8, 4) is 0 Å². The molecule has 0 radical (unpaired) electrons. The molecular weight excluding hydrogens is 262 g/mol. The second kappa shape index (κ2) is 5.46. The van der Waals surface area contributed by atoms with Gasteiger partial charge >= 0.3 is 0 Å². The highest BCUT2D eigenvalue weighted by Gasteiger charge is 2.30. The van der Waals surface area contributed by atoms with Crippen molar-refractivity contribution in [2.75, 3.05) is 25.1 Å². The number of rotatable bonds is 5. The molecule has 1 aliphatic heterocycles. The number of amides is 1.